The molecule has 1 heterocycles. The molecule has 0 saturated heterocycles. The monoisotopic (exact) mass is 266 g/mol. The summed E-state index contributed by atoms with van der Waals surface area (Å²) in [5, 5.41) is 5.20. The molecule has 90 valence electrons. The first kappa shape index (κ1) is 12.6. The number of hydrogen-bond donors (Lipinski definition) is 1. The zero-order valence-electron chi connectivity index (χ0n) is 10.1. The van der Waals surface area contributed by atoms with Gasteiger partial charge in [-0.25, -0.2) is 4.98 Å². The number of rotatable bonds is 3. The van der Waals surface area contributed by atoms with Crippen LogP contribution in [0.25, 0.3) is 0 Å². The molecule has 0 aliphatic heterocycles. The molecule has 0 radical (unpaired) electrons. The predicted octanol–water partition coefficient (Wildman–Crippen LogP) is 3.72. The molecule has 0 spiro atoms. The molecule has 0 bridgehead atoms. The van der Waals surface area contributed by atoms with Crippen LogP contribution in [0.1, 0.15) is 27.1 Å². The number of halogens is 1. The normalized spacial score (nSPS) is 12.7. The molecule has 4 heteroatoms. The lowest BCUT2D eigenvalue weighted by atomic mass is 10.0. The van der Waals surface area contributed by atoms with Crippen LogP contribution in [0.5, 0.6) is 0 Å². The summed E-state index contributed by atoms with van der Waals surface area (Å²) in [5.74, 6) is 0. The van der Waals surface area contributed by atoms with Crippen molar-refractivity contribution in [3.05, 3.63) is 50.4 Å². The van der Waals surface area contributed by atoms with E-state index in [-0.39, 0.29) is 6.04 Å². The second-order valence-electron chi connectivity index (χ2n) is 4.01. The van der Waals surface area contributed by atoms with Gasteiger partial charge in [0.05, 0.1) is 11.0 Å². The molecule has 1 aromatic carbocycles. The number of aryl methyl sites for hydroxylation is 2. The number of aromatic nitrogens is 1. The lowest BCUT2D eigenvalue weighted by molar-refractivity contribution is 0.702. The van der Waals surface area contributed by atoms with Crippen molar-refractivity contribution in [2.24, 2.45) is 0 Å². The summed E-state index contributed by atoms with van der Waals surface area (Å²) in [6, 6.07) is 6.35. The van der Waals surface area contributed by atoms with E-state index in [2.05, 4.69) is 22.4 Å². The zero-order chi connectivity index (χ0) is 12.4. The van der Waals surface area contributed by atoms with E-state index in [0.717, 1.165) is 15.6 Å². The predicted molar refractivity (Wildman–Crippen MR) is 73.9 cm³/mol. The van der Waals surface area contributed by atoms with E-state index in [1.807, 2.05) is 33.2 Å². The highest BCUT2D eigenvalue weighted by molar-refractivity contribution is 7.11. The minimum Gasteiger partial charge on any atom is -0.309 e. The summed E-state index contributed by atoms with van der Waals surface area (Å²) in [5.41, 5.74) is 2.28. The first-order valence-corrected chi connectivity index (χ1v) is 6.67. The van der Waals surface area contributed by atoms with Crippen LogP contribution in [0.4, 0.5) is 0 Å². The lowest BCUT2D eigenvalue weighted by Crippen LogP contribution is -2.16. The summed E-state index contributed by atoms with van der Waals surface area (Å²) >= 11 is 7.88. The third kappa shape index (κ3) is 2.68. The Morgan fingerprint density at radius 3 is 2.65 bits per heavy atom. The van der Waals surface area contributed by atoms with E-state index < -0.39 is 0 Å². The van der Waals surface area contributed by atoms with Crippen molar-refractivity contribution < 1.29 is 0 Å². The van der Waals surface area contributed by atoms with Gasteiger partial charge in [-0.1, -0.05) is 23.7 Å². The summed E-state index contributed by atoms with van der Waals surface area (Å²) < 4.78 is 0. The van der Waals surface area contributed by atoms with Crippen molar-refractivity contribution in [1.82, 2.24) is 10.3 Å². The van der Waals surface area contributed by atoms with Gasteiger partial charge in [0.15, 0.2) is 0 Å². The van der Waals surface area contributed by atoms with Crippen LogP contribution in [-0.4, -0.2) is 12.0 Å². The Morgan fingerprint density at radius 2 is 2.12 bits per heavy atom. The Labute approximate surface area is 111 Å². The zero-order valence-corrected chi connectivity index (χ0v) is 11.7. The average molecular weight is 267 g/mol. The smallest absolute Gasteiger partial charge is 0.0897 e. The third-order valence-electron chi connectivity index (χ3n) is 2.74. The molecule has 1 aromatic heterocycles. The van der Waals surface area contributed by atoms with Gasteiger partial charge in [0.25, 0.3) is 0 Å². The molecule has 1 atom stereocenters. The molecule has 17 heavy (non-hydrogen) atoms. The quantitative estimate of drug-likeness (QED) is 0.916. The van der Waals surface area contributed by atoms with Gasteiger partial charge in [-0.3, -0.25) is 0 Å². The Bertz CT molecular complexity index is 522. The van der Waals surface area contributed by atoms with Gasteiger partial charge in [-0.15, -0.1) is 11.3 Å². The highest BCUT2D eigenvalue weighted by Gasteiger charge is 2.15. The molecule has 0 aliphatic rings. The SMILES string of the molecule is CNC(c1ccc(C)c(Cl)c1)c1cnc(C)s1. The van der Waals surface area contributed by atoms with E-state index >= 15 is 0 Å². The summed E-state index contributed by atoms with van der Waals surface area (Å²) in [7, 11) is 1.95. The van der Waals surface area contributed by atoms with Crippen LogP contribution in [0, 0.1) is 13.8 Å². The van der Waals surface area contributed by atoms with Crippen LogP contribution in [-0.2, 0) is 0 Å². The Morgan fingerprint density at radius 1 is 1.35 bits per heavy atom. The van der Waals surface area contributed by atoms with Crippen LogP contribution in [0.2, 0.25) is 5.02 Å². The van der Waals surface area contributed by atoms with Crippen molar-refractivity contribution in [1.29, 1.82) is 0 Å². The minimum absolute atomic E-state index is 0.166. The van der Waals surface area contributed by atoms with E-state index in [1.165, 1.54) is 10.4 Å². The van der Waals surface area contributed by atoms with Gasteiger partial charge < -0.3 is 5.32 Å². The molecule has 2 rings (SSSR count). The van der Waals surface area contributed by atoms with Crippen molar-refractivity contribution in [2.75, 3.05) is 7.05 Å². The van der Waals surface area contributed by atoms with Gasteiger partial charge in [-0.2, -0.15) is 0 Å². The van der Waals surface area contributed by atoms with Gasteiger partial charge in [0.2, 0.25) is 0 Å². The van der Waals surface area contributed by atoms with Crippen LogP contribution >= 0.6 is 22.9 Å². The Hall–Kier alpha value is -0.900. The maximum atomic E-state index is 6.17. The maximum Gasteiger partial charge on any atom is 0.0897 e. The molecular weight excluding hydrogens is 252 g/mol. The molecule has 2 aromatic rings. The molecule has 0 aliphatic carbocycles. The van der Waals surface area contributed by atoms with Gasteiger partial charge in [0, 0.05) is 16.1 Å². The van der Waals surface area contributed by atoms with Crippen molar-refractivity contribution >= 4 is 22.9 Å². The van der Waals surface area contributed by atoms with Crippen LogP contribution < -0.4 is 5.32 Å². The first-order chi connectivity index (χ1) is 8.11. The fraction of sp³-hybridized carbons (Fsp3) is 0.308. The average Bonchev–Trinajstić information content (AvgIpc) is 2.71. The van der Waals surface area contributed by atoms with Gasteiger partial charge in [-0.05, 0) is 38.1 Å². The minimum atomic E-state index is 0.166. The molecular formula is C13H15ClN2S. The second kappa shape index (κ2) is 5.17. The fourth-order valence-corrected chi connectivity index (χ4v) is 2.89. The number of nitrogens with one attached hydrogen (secondary N) is 1. The summed E-state index contributed by atoms with van der Waals surface area (Å²) in [6.45, 7) is 4.03. The highest BCUT2D eigenvalue weighted by atomic mass is 35.5. The van der Waals surface area contributed by atoms with Crippen molar-refractivity contribution in [3.8, 4) is 0 Å². The summed E-state index contributed by atoms with van der Waals surface area (Å²) in [6.07, 6.45) is 1.93. The summed E-state index contributed by atoms with van der Waals surface area (Å²) in [4.78, 5) is 5.51. The number of thiazole rings is 1. The van der Waals surface area contributed by atoms with E-state index in [0.29, 0.717) is 0 Å². The van der Waals surface area contributed by atoms with E-state index in [9.17, 15) is 0 Å². The van der Waals surface area contributed by atoms with Gasteiger partial charge in [0.1, 0.15) is 0 Å². The number of hydrogen-bond acceptors (Lipinski definition) is 3. The van der Waals surface area contributed by atoms with E-state index in [1.54, 1.807) is 11.3 Å². The topological polar surface area (TPSA) is 24.9 Å². The number of benzene rings is 1. The standard InChI is InChI=1S/C13H15ClN2S/c1-8-4-5-10(6-11(8)14)13(15-3)12-7-16-9(2)17-12/h4-7,13,15H,1-3H3. The number of nitrogens with zero attached hydrogens (tertiary/aromatic N) is 1. The van der Waals surface area contributed by atoms with Crippen molar-refractivity contribution in [3.63, 3.8) is 0 Å². The fourth-order valence-electron chi connectivity index (χ4n) is 1.77. The first-order valence-electron chi connectivity index (χ1n) is 5.47. The Kier molecular flexibility index (Phi) is 3.82. The van der Waals surface area contributed by atoms with Gasteiger partial charge >= 0.3 is 0 Å². The maximum absolute atomic E-state index is 6.17. The third-order valence-corrected chi connectivity index (χ3v) is 4.13. The van der Waals surface area contributed by atoms with Crippen molar-refractivity contribution in [2.45, 2.75) is 19.9 Å². The molecule has 1 unspecified atom stereocenters. The lowest BCUT2D eigenvalue weighted by Gasteiger charge is -2.15. The van der Waals surface area contributed by atoms with E-state index in [4.69, 9.17) is 11.6 Å². The molecule has 0 saturated carbocycles. The van der Waals surface area contributed by atoms with Crippen LogP contribution in [0.15, 0.2) is 24.4 Å². The molecule has 0 fully saturated rings. The molecule has 1 N–H and O–H groups in total. The largest absolute Gasteiger partial charge is 0.309 e. The van der Waals surface area contributed by atoms with Crippen LogP contribution in [0.3, 0.4) is 0 Å². The molecule has 2 nitrogen and oxygen atoms in total. The molecule has 0 amide bonds. The Balaban J connectivity index is 2.38. The highest BCUT2D eigenvalue weighted by Crippen LogP contribution is 2.29. The second-order valence-corrected chi connectivity index (χ2v) is 5.69.